The van der Waals surface area contributed by atoms with Crippen LogP contribution in [0.2, 0.25) is 0 Å². The molecule has 0 aliphatic heterocycles. The Morgan fingerprint density at radius 1 is 0.944 bits per heavy atom. The summed E-state index contributed by atoms with van der Waals surface area (Å²) in [7, 11) is 0. The molecule has 5 fully saturated rings. The van der Waals surface area contributed by atoms with E-state index in [1.165, 1.54) is 45.4 Å². The van der Waals surface area contributed by atoms with Crippen molar-refractivity contribution >= 4 is 11.8 Å². The molecule has 5 aliphatic carbocycles. The largest absolute Gasteiger partial charge is 0.465 e. The molecule has 4 heteroatoms. The van der Waals surface area contributed by atoms with Gasteiger partial charge in [-0.25, -0.2) is 0 Å². The van der Waals surface area contributed by atoms with Crippen LogP contribution in [0.15, 0.2) is 12.2 Å². The Morgan fingerprint density at radius 2 is 1.67 bits per heavy atom. The van der Waals surface area contributed by atoms with E-state index in [2.05, 4.69) is 41.2 Å². The first-order valence-electron chi connectivity index (χ1n) is 14.7. The molecule has 36 heavy (non-hydrogen) atoms. The van der Waals surface area contributed by atoms with Gasteiger partial charge in [0.25, 0.3) is 0 Å². The van der Waals surface area contributed by atoms with Crippen LogP contribution in [-0.2, 0) is 14.3 Å². The summed E-state index contributed by atoms with van der Waals surface area (Å²) in [6.45, 7) is 18.5. The number of esters is 1. The smallest absolute Gasteiger partial charge is 0.302 e. The van der Waals surface area contributed by atoms with Crippen LogP contribution < -0.4 is 0 Å². The number of Topliss-reactive ketones (excluding diaryl/α,β-unsaturated/α-hetero) is 1. The van der Waals surface area contributed by atoms with E-state index in [9.17, 15) is 14.7 Å². The third-order valence-corrected chi connectivity index (χ3v) is 13.7. The van der Waals surface area contributed by atoms with Gasteiger partial charge in [-0.3, -0.25) is 9.59 Å². The van der Waals surface area contributed by atoms with Gasteiger partial charge >= 0.3 is 5.97 Å². The predicted molar refractivity (Wildman–Crippen MR) is 142 cm³/mol. The highest BCUT2D eigenvalue weighted by molar-refractivity contribution is 5.86. The third kappa shape index (κ3) is 3.34. The van der Waals surface area contributed by atoms with Crippen LogP contribution in [-0.4, -0.2) is 30.1 Å². The maximum atomic E-state index is 13.3. The number of aliphatic hydroxyl groups excluding tert-OH is 1. The van der Waals surface area contributed by atoms with E-state index in [-0.39, 0.29) is 41.3 Å². The highest BCUT2D eigenvalue weighted by Crippen LogP contribution is 2.77. The van der Waals surface area contributed by atoms with Gasteiger partial charge in [0.1, 0.15) is 12.4 Å². The lowest BCUT2D eigenvalue weighted by Gasteiger charge is -2.72. The fraction of sp³-hybridized carbons (Fsp3) is 0.875. The summed E-state index contributed by atoms with van der Waals surface area (Å²) in [5.74, 6) is 2.61. The Labute approximate surface area is 219 Å². The molecule has 0 amide bonds. The monoisotopic (exact) mass is 498 g/mol. The fourth-order valence-corrected chi connectivity index (χ4v) is 11.6. The van der Waals surface area contributed by atoms with Crippen LogP contribution in [0, 0.1) is 56.7 Å². The van der Waals surface area contributed by atoms with Crippen molar-refractivity contribution in [2.24, 2.45) is 56.7 Å². The van der Waals surface area contributed by atoms with E-state index >= 15 is 0 Å². The first kappa shape index (κ1) is 26.4. The van der Waals surface area contributed by atoms with Gasteiger partial charge in [-0.2, -0.15) is 0 Å². The maximum absolute atomic E-state index is 13.3. The van der Waals surface area contributed by atoms with Gasteiger partial charge < -0.3 is 9.84 Å². The van der Waals surface area contributed by atoms with Gasteiger partial charge in [0.05, 0.1) is 12.0 Å². The standard InChI is InChI=1S/C32H50O4/c1-20(18-33)22-10-13-28(3)16-17-31(6)23(27(22)28)8-9-25-29(4)14-12-26(35)30(5,19-36-21(2)34)24(29)11-15-32(25,31)7/h22-25,27,33H,1,8-19H2,2-7H3. The number of hydrogen-bond donors (Lipinski definition) is 1. The molecule has 202 valence electrons. The van der Waals surface area contributed by atoms with Crippen LogP contribution in [0.25, 0.3) is 0 Å². The molecule has 0 spiro atoms. The van der Waals surface area contributed by atoms with E-state index < -0.39 is 5.41 Å². The van der Waals surface area contributed by atoms with E-state index in [1.807, 2.05) is 0 Å². The van der Waals surface area contributed by atoms with Crippen LogP contribution in [0.1, 0.15) is 106 Å². The first-order valence-corrected chi connectivity index (χ1v) is 14.7. The zero-order valence-corrected chi connectivity index (χ0v) is 23.8. The minimum atomic E-state index is -0.571. The highest BCUT2D eigenvalue weighted by atomic mass is 16.5. The number of carbonyl (C=O) groups excluding carboxylic acids is 2. The minimum Gasteiger partial charge on any atom is -0.465 e. The number of aliphatic hydroxyl groups is 1. The summed E-state index contributed by atoms with van der Waals surface area (Å²) < 4.78 is 5.53. The third-order valence-electron chi connectivity index (χ3n) is 13.7. The second-order valence-corrected chi connectivity index (χ2v) is 14.9. The highest BCUT2D eigenvalue weighted by Gasteiger charge is 2.70. The van der Waals surface area contributed by atoms with Crippen molar-refractivity contribution in [3.63, 3.8) is 0 Å². The van der Waals surface area contributed by atoms with Crippen LogP contribution in [0.5, 0.6) is 0 Å². The molecular formula is C32H50O4. The molecule has 0 aromatic carbocycles. The topological polar surface area (TPSA) is 63.6 Å². The van der Waals surface area contributed by atoms with Crippen molar-refractivity contribution in [1.29, 1.82) is 0 Å². The molecule has 1 N–H and O–H groups in total. The van der Waals surface area contributed by atoms with Crippen molar-refractivity contribution in [2.75, 3.05) is 13.2 Å². The van der Waals surface area contributed by atoms with Crippen LogP contribution in [0.4, 0.5) is 0 Å². The molecule has 0 radical (unpaired) electrons. The van der Waals surface area contributed by atoms with Crippen molar-refractivity contribution in [1.82, 2.24) is 0 Å². The molecule has 0 aromatic heterocycles. The average Bonchev–Trinajstić information content (AvgIpc) is 3.18. The second-order valence-electron chi connectivity index (χ2n) is 14.9. The molecule has 0 aromatic rings. The average molecular weight is 499 g/mol. The summed E-state index contributed by atoms with van der Waals surface area (Å²) >= 11 is 0. The molecule has 0 bridgehead atoms. The lowest BCUT2D eigenvalue weighted by molar-refractivity contribution is -0.236. The first-order chi connectivity index (χ1) is 16.8. The maximum Gasteiger partial charge on any atom is 0.302 e. The summed E-state index contributed by atoms with van der Waals surface area (Å²) in [4.78, 5) is 25.0. The van der Waals surface area contributed by atoms with Gasteiger partial charge in [0.15, 0.2) is 0 Å². The fourth-order valence-electron chi connectivity index (χ4n) is 11.6. The molecule has 0 heterocycles. The lowest BCUT2D eigenvalue weighted by atomic mass is 9.32. The molecule has 5 saturated carbocycles. The van der Waals surface area contributed by atoms with Gasteiger partial charge in [-0.05, 0) is 122 Å². The Morgan fingerprint density at radius 3 is 2.33 bits per heavy atom. The molecule has 5 aliphatic rings. The van der Waals surface area contributed by atoms with E-state index in [4.69, 9.17) is 4.74 Å². The molecule has 5 rings (SSSR count). The molecule has 4 nitrogen and oxygen atoms in total. The Hall–Kier alpha value is -1.16. The van der Waals surface area contributed by atoms with E-state index in [0.717, 1.165) is 24.8 Å². The SMILES string of the molecule is C=C(CO)C1CCC2(C)CCC3(C)C(CCC4C5(C)CCC(=O)C(C)(COC(C)=O)C5CCC43C)C12. The minimum absolute atomic E-state index is 0.0916. The number of ether oxygens (including phenoxy) is 1. The number of carbonyl (C=O) groups is 2. The van der Waals surface area contributed by atoms with E-state index in [0.29, 0.717) is 41.3 Å². The summed E-state index contributed by atoms with van der Waals surface area (Å²) in [5, 5.41) is 10.0. The lowest BCUT2D eigenvalue weighted by Crippen LogP contribution is -2.66. The van der Waals surface area contributed by atoms with Gasteiger partial charge in [-0.15, -0.1) is 0 Å². The molecule has 10 atom stereocenters. The molecular weight excluding hydrogens is 448 g/mol. The van der Waals surface area contributed by atoms with Gasteiger partial charge in [0.2, 0.25) is 0 Å². The molecule has 10 unspecified atom stereocenters. The second kappa shape index (κ2) is 8.42. The van der Waals surface area contributed by atoms with Crippen molar-refractivity contribution < 1.29 is 19.4 Å². The van der Waals surface area contributed by atoms with Crippen molar-refractivity contribution in [3.05, 3.63) is 12.2 Å². The van der Waals surface area contributed by atoms with Gasteiger partial charge in [-0.1, -0.05) is 34.3 Å². The Balaban J connectivity index is 1.51. The zero-order chi connectivity index (χ0) is 26.3. The number of fused-ring (bicyclic) bond motifs is 7. The van der Waals surface area contributed by atoms with E-state index in [1.54, 1.807) is 0 Å². The van der Waals surface area contributed by atoms with Crippen molar-refractivity contribution in [3.8, 4) is 0 Å². The van der Waals surface area contributed by atoms with Gasteiger partial charge in [0, 0.05) is 13.3 Å². The number of hydrogen-bond acceptors (Lipinski definition) is 4. The summed E-state index contributed by atoms with van der Waals surface area (Å²) in [6, 6.07) is 0. The predicted octanol–water partition coefficient (Wildman–Crippen LogP) is 6.75. The molecule has 0 saturated heterocycles. The Bertz CT molecular complexity index is 956. The quantitative estimate of drug-likeness (QED) is 0.344. The van der Waals surface area contributed by atoms with Crippen LogP contribution in [0.3, 0.4) is 0 Å². The zero-order valence-electron chi connectivity index (χ0n) is 23.8. The normalized spacial score (nSPS) is 52.0. The summed E-state index contributed by atoms with van der Waals surface area (Å²) in [6.07, 6.45) is 11.3. The van der Waals surface area contributed by atoms with Crippen LogP contribution >= 0.6 is 0 Å². The number of rotatable bonds is 4. The van der Waals surface area contributed by atoms with Crippen molar-refractivity contribution in [2.45, 2.75) is 106 Å². The number of ketones is 1. The summed E-state index contributed by atoms with van der Waals surface area (Å²) in [5.41, 5.74) is 1.45. The Kier molecular flexibility index (Phi) is 6.18.